The maximum atomic E-state index is 12.0. The minimum absolute atomic E-state index is 0.225. The summed E-state index contributed by atoms with van der Waals surface area (Å²) in [6, 6.07) is 0.225. The number of hydrogen-bond acceptors (Lipinski definition) is 5. The van der Waals surface area contributed by atoms with Crippen molar-refractivity contribution < 1.29 is 9.53 Å². The van der Waals surface area contributed by atoms with E-state index in [1.54, 1.807) is 4.90 Å². The van der Waals surface area contributed by atoms with Gasteiger partial charge in [-0.3, -0.25) is 9.89 Å². The molecule has 2 aliphatic heterocycles. The minimum atomic E-state index is -0.450. The first-order chi connectivity index (χ1) is 12.8. The lowest BCUT2D eigenvalue weighted by molar-refractivity contribution is 0.00700. The lowest BCUT2D eigenvalue weighted by Crippen LogP contribution is -2.63. The Kier molecular flexibility index (Phi) is 8.16. The number of piperazine rings is 1. The van der Waals surface area contributed by atoms with Crippen molar-refractivity contribution in [3.05, 3.63) is 0 Å². The fourth-order valence-electron chi connectivity index (χ4n) is 3.19. The lowest BCUT2D eigenvalue weighted by atomic mass is 10.1. The number of amides is 1. The number of aliphatic imine (C=N–C) groups is 1. The molecule has 2 fully saturated rings. The first-order valence-corrected chi connectivity index (χ1v) is 10.3. The summed E-state index contributed by atoms with van der Waals surface area (Å²) in [7, 11) is 0. The Bertz CT molecular complexity index is 491. The van der Waals surface area contributed by atoms with Gasteiger partial charge in [0.1, 0.15) is 5.60 Å². The van der Waals surface area contributed by atoms with Crippen molar-refractivity contribution in [2.24, 2.45) is 4.99 Å². The molecule has 0 aliphatic carbocycles. The monoisotopic (exact) mass is 382 g/mol. The van der Waals surface area contributed by atoms with Crippen LogP contribution in [0.2, 0.25) is 0 Å². The molecule has 2 saturated heterocycles. The molecule has 156 valence electrons. The summed E-state index contributed by atoms with van der Waals surface area (Å²) in [5, 5.41) is 6.71. The largest absolute Gasteiger partial charge is 0.444 e. The number of carbonyl (C=O) groups is 1. The summed E-state index contributed by atoms with van der Waals surface area (Å²) in [4.78, 5) is 23.4. The Balaban J connectivity index is 1.69. The van der Waals surface area contributed by atoms with Crippen LogP contribution in [0.5, 0.6) is 0 Å². The number of ether oxygens (including phenoxy) is 1. The van der Waals surface area contributed by atoms with Crippen molar-refractivity contribution in [3.63, 3.8) is 0 Å². The van der Waals surface area contributed by atoms with Crippen LogP contribution in [0.15, 0.2) is 4.99 Å². The molecule has 2 aliphatic rings. The number of nitrogens with one attached hydrogen (secondary N) is 2. The van der Waals surface area contributed by atoms with Crippen LogP contribution in [-0.2, 0) is 4.74 Å². The normalized spacial score (nSPS) is 20.3. The van der Waals surface area contributed by atoms with Crippen molar-refractivity contribution in [2.45, 2.75) is 46.3 Å². The Morgan fingerprint density at radius 3 is 2.30 bits per heavy atom. The van der Waals surface area contributed by atoms with Gasteiger partial charge in [0.05, 0.1) is 12.6 Å². The Hall–Kier alpha value is -1.54. The van der Waals surface area contributed by atoms with E-state index >= 15 is 0 Å². The van der Waals surface area contributed by atoms with E-state index in [1.165, 1.54) is 0 Å². The molecule has 0 aromatic heterocycles. The number of likely N-dealkylation sites (N-methyl/N-ethyl adjacent to an activating group) is 1. The van der Waals surface area contributed by atoms with Crippen molar-refractivity contribution in [1.82, 2.24) is 25.3 Å². The van der Waals surface area contributed by atoms with Gasteiger partial charge in [-0.2, -0.15) is 0 Å². The first-order valence-electron chi connectivity index (χ1n) is 10.3. The van der Waals surface area contributed by atoms with E-state index in [1.807, 2.05) is 20.8 Å². The Labute approximate surface area is 164 Å². The number of nitrogens with zero attached hydrogens (tertiary/aromatic N) is 4. The molecule has 0 bridgehead atoms. The third-order valence-corrected chi connectivity index (χ3v) is 4.82. The van der Waals surface area contributed by atoms with Gasteiger partial charge in [0.2, 0.25) is 0 Å². The third kappa shape index (κ3) is 7.54. The molecule has 8 nitrogen and oxygen atoms in total. The van der Waals surface area contributed by atoms with Crippen LogP contribution >= 0.6 is 0 Å². The van der Waals surface area contributed by atoms with Crippen molar-refractivity contribution in [1.29, 1.82) is 0 Å². The third-order valence-electron chi connectivity index (χ3n) is 4.82. The first kappa shape index (κ1) is 21.8. The molecule has 0 unspecified atom stereocenters. The van der Waals surface area contributed by atoms with Crippen molar-refractivity contribution in [3.8, 4) is 0 Å². The van der Waals surface area contributed by atoms with Crippen LogP contribution < -0.4 is 10.6 Å². The molecule has 0 saturated carbocycles. The van der Waals surface area contributed by atoms with Crippen molar-refractivity contribution in [2.75, 3.05) is 65.4 Å². The zero-order chi connectivity index (χ0) is 19.9. The van der Waals surface area contributed by atoms with E-state index in [2.05, 4.69) is 34.3 Å². The second kappa shape index (κ2) is 10.1. The predicted molar refractivity (Wildman–Crippen MR) is 109 cm³/mol. The predicted octanol–water partition coefficient (Wildman–Crippen LogP) is 0.798. The van der Waals surface area contributed by atoms with Gasteiger partial charge in [0.25, 0.3) is 0 Å². The Morgan fingerprint density at radius 2 is 1.74 bits per heavy atom. The molecule has 2 rings (SSSR count). The van der Waals surface area contributed by atoms with Crippen LogP contribution in [0.25, 0.3) is 0 Å². The van der Waals surface area contributed by atoms with E-state index in [0.717, 1.165) is 58.3 Å². The zero-order valence-electron chi connectivity index (χ0n) is 17.8. The fraction of sp³-hybridized carbons (Fsp3) is 0.895. The van der Waals surface area contributed by atoms with Gasteiger partial charge in [-0.1, -0.05) is 6.92 Å². The molecule has 2 heterocycles. The molecule has 2 N–H and O–H groups in total. The van der Waals surface area contributed by atoms with Crippen LogP contribution in [0.1, 0.15) is 34.6 Å². The zero-order valence-corrected chi connectivity index (χ0v) is 17.8. The number of likely N-dealkylation sites (tertiary alicyclic amines) is 1. The minimum Gasteiger partial charge on any atom is -0.444 e. The van der Waals surface area contributed by atoms with Crippen LogP contribution in [0, 0.1) is 0 Å². The molecular weight excluding hydrogens is 344 g/mol. The highest BCUT2D eigenvalue weighted by Gasteiger charge is 2.34. The number of guanidine groups is 1. The summed E-state index contributed by atoms with van der Waals surface area (Å²) in [5.41, 5.74) is -0.450. The highest BCUT2D eigenvalue weighted by atomic mass is 16.6. The van der Waals surface area contributed by atoms with E-state index in [9.17, 15) is 4.79 Å². The maximum Gasteiger partial charge on any atom is 0.410 e. The van der Waals surface area contributed by atoms with E-state index in [0.29, 0.717) is 13.1 Å². The molecule has 1 amide bonds. The maximum absolute atomic E-state index is 12.0. The fourth-order valence-corrected chi connectivity index (χ4v) is 3.19. The average molecular weight is 383 g/mol. The van der Waals surface area contributed by atoms with Crippen molar-refractivity contribution >= 4 is 12.1 Å². The number of hydrogen-bond donors (Lipinski definition) is 2. The molecular formula is C19H38N6O2. The van der Waals surface area contributed by atoms with Crippen LogP contribution in [-0.4, -0.2) is 104 Å². The quantitative estimate of drug-likeness (QED) is 0.523. The summed E-state index contributed by atoms with van der Waals surface area (Å²) in [6.45, 7) is 19.5. The number of rotatable bonds is 6. The SMILES string of the molecule is CCNC(=NCCN1CCN(CC)CC1)NC1CN(C(=O)OC(C)(C)C)C1. The molecule has 27 heavy (non-hydrogen) atoms. The van der Waals surface area contributed by atoms with Gasteiger partial charge in [0.15, 0.2) is 5.96 Å². The topological polar surface area (TPSA) is 72.4 Å². The van der Waals surface area contributed by atoms with Crippen LogP contribution in [0.3, 0.4) is 0 Å². The summed E-state index contributed by atoms with van der Waals surface area (Å²) >= 11 is 0. The van der Waals surface area contributed by atoms with Gasteiger partial charge in [0, 0.05) is 52.4 Å². The van der Waals surface area contributed by atoms with Gasteiger partial charge in [-0.25, -0.2) is 4.79 Å². The van der Waals surface area contributed by atoms with Gasteiger partial charge < -0.3 is 25.2 Å². The summed E-state index contributed by atoms with van der Waals surface area (Å²) in [5.74, 6) is 0.832. The summed E-state index contributed by atoms with van der Waals surface area (Å²) < 4.78 is 5.39. The lowest BCUT2D eigenvalue weighted by Gasteiger charge is -2.40. The molecule has 0 aromatic carbocycles. The van der Waals surface area contributed by atoms with E-state index in [4.69, 9.17) is 9.73 Å². The molecule has 0 aromatic rings. The highest BCUT2D eigenvalue weighted by Crippen LogP contribution is 2.15. The molecule has 0 atom stereocenters. The standard InChI is InChI=1S/C19H38N6O2/c1-6-20-17(21-8-9-24-12-10-23(7-2)11-13-24)22-16-14-25(15-16)18(26)27-19(3,4)5/h16H,6-15H2,1-5H3,(H2,20,21,22). The summed E-state index contributed by atoms with van der Waals surface area (Å²) in [6.07, 6.45) is -0.242. The smallest absolute Gasteiger partial charge is 0.410 e. The molecule has 0 radical (unpaired) electrons. The number of carbonyl (C=O) groups excluding carboxylic acids is 1. The van der Waals surface area contributed by atoms with Gasteiger partial charge >= 0.3 is 6.09 Å². The molecule has 0 spiro atoms. The van der Waals surface area contributed by atoms with Gasteiger partial charge in [-0.15, -0.1) is 0 Å². The highest BCUT2D eigenvalue weighted by molar-refractivity contribution is 5.80. The van der Waals surface area contributed by atoms with E-state index < -0.39 is 5.60 Å². The average Bonchev–Trinajstić information content (AvgIpc) is 2.56. The molecule has 8 heteroatoms. The van der Waals surface area contributed by atoms with E-state index in [-0.39, 0.29) is 12.1 Å². The van der Waals surface area contributed by atoms with Crippen LogP contribution in [0.4, 0.5) is 4.79 Å². The Morgan fingerprint density at radius 1 is 1.11 bits per heavy atom. The second-order valence-corrected chi connectivity index (χ2v) is 8.26. The second-order valence-electron chi connectivity index (χ2n) is 8.26. The van der Waals surface area contributed by atoms with Gasteiger partial charge in [-0.05, 0) is 34.2 Å².